The summed E-state index contributed by atoms with van der Waals surface area (Å²) in [6.07, 6.45) is -3.18. The third-order valence-corrected chi connectivity index (χ3v) is 6.32. The molecule has 7 nitrogen and oxygen atoms in total. The molecule has 1 aliphatic heterocycles. The van der Waals surface area contributed by atoms with Crippen LogP contribution in [0.25, 0.3) is 0 Å². The molecular weight excluding hydrogens is 385 g/mol. The average Bonchev–Trinajstić information content (AvgIpc) is 2.60. The van der Waals surface area contributed by atoms with Crippen LogP contribution in [0.2, 0.25) is 0 Å². The number of halogens is 3. The maximum Gasteiger partial charge on any atom is 0.416 e. The fourth-order valence-corrected chi connectivity index (χ4v) is 3.86. The van der Waals surface area contributed by atoms with Crippen molar-refractivity contribution in [2.75, 3.05) is 39.0 Å². The van der Waals surface area contributed by atoms with Crippen molar-refractivity contribution in [1.29, 1.82) is 0 Å². The quantitative estimate of drug-likeness (QED) is 0.785. The van der Waals surface area contributed by atoms with Crippen LogP contribution in [0.15, 0.2) is 24.3 Å². The van der Waals surface area contributed by atoms with E-state index < -0.39 is 28.0 Å². The SMILES string of the molecule is CN(C)S(=O)(=O)N1CCC(CNC(=O)Nc2ccc(C(F)(F)F)cc2)CC1. The number of amides is 2. The summed E-state index contributed by atoms with van der Waals surface area (Å²) >= 11 is 0. The van der Waals surface area contributed by atoms with Crippen LogP contribution in [0.3, 0.4) is 0 Å². The highest BCUT2D eigenvalue weighted by Crippen LogP contribution is 2.29. The summed E-state index contributed by atoms with van der Waals surface area (Å²) in [5.41, 5.74) is -0.528. The number of hydrogen-bond donors (Lipinski definition) is 2. The molecule has 0 aromatic heterocycles. The van der Waals surface area contributed by atoms with Gasteiger partial charge in [-0.2, -0.15) is 30.2 Å². The minimum atomic E-state index is -4.42. The second kappa shape index (κ2) is 8.44. The number of anilines is 1. The lowest BCUT2D eigenvalue weighted by Gasteiger charge is -2.32. The minimum absolute atomic E-state index is 0.136. The van der Waals surface area contributed by atoms with Crippen LogP contribution in [-0.2, 0) is 16.4 Å². The molecule has 0 radical (unpaired) electrons. The second-order valence-electron chi connectivity index (χ2n) is 6.54. The number of nitrogens with zero attached hydrogens (tertiary/aromatic N) is 2. The molecule has 1 aromatic rings. The Balaban J connectivity index is 1.77. The molecule has 2 amide bonds. The zero-order valence-corrected chi connectivity index (χ0v) is 15.9. The molecule has 1 aliphatic rings. The number of urea groups is 1. The fourth-order valence-electron chi connectivity index (χ4n) is 2.73. The Bertz CT molecular complexity index is 743. The van der Waals surface area contributed by atoms with Gasteiger partial charge in [-0.15, -0.1) is 0 Å². The predicted octanol–water partition coefficient (Wildman–Crippen LogP) is 2.35. The Morgan fingerprint density at radius 3 is 2.22 bits per heavy atom. The van der Waals surface area contributed by atoms with Crippen LogP contribution in [-0.4, -0.2) is 56.8 Å². The Labute approximate surface area is 156 Å². The first-order valence-electron chi connectivity index (χ1n) is 8.40. The van der Waals surface area contributed by atoms with Crippen molar-refractivity contribution in [2.45, 2.75) is 19.0 Å². The van der Waals surface area contributed by atoms with Gasteiger partial charge >= 0.3 is 12.2 Å². The molecular formula is C16H23F3N4O3S. The molecule has 0 unspecified atom stereocenters. The van der Waals surface area contributed by atoms with Crippen molar-refractivity contribution < 1.29 is 26.4 Å². The summed E-state index contributed by atoms with van der Waals surface area (Å²) < 4.78 is 64.2. The van der Waals surface area contributed by atoms with Gasteiger partial charge in [-0.1, -0.05) is 0 Å². The minimum Gasteiger partial charge on any atom is -0.338 e. The van der Waals surface area contributed by atoms with Crippen LogP contribution < -0.4 is 10.6 Å². The number of hydrogen-bond acceptors (Lipinski definition) is 3. The lowest BCUT2D eigenvalue weighted by molar-refractivity contribution is -0.137. The van der Waals surface area contributed by atoms with Gasteiger partial charge in [0.15, 0.2) is 0 Å². The van der Waals surface area contributed by atoms with Gasteiger partial charge in [-0.05, 0) is 43.0 Å². The number of carbonyl (C=O) groups is 1. The van der Waals surface area contributed by atoms with E-state index in [0.29, 0.717) is 32.5 Å². The summed E-state index contributed by atoms with van der Waals surface area (Å²) in [6, 6.07) is 3.66. The van der Waals surface area contributed by atoms with E-state index in [0.717, 1.165) is 12.1 Å². The maximum atomic E-state index is 12.5. The average molecular weight is 408 g/mol. The van der Waals surface area contributed by atoms with E-state index in [2.05, 4.69) is 10.6 Å². The van der Waals surface area contributed by atoms with Gasteiger partial charge in [0.2, 0.25) is 0 Å². The molecule has 0 atom stereocenters. The van der Waals surface area contributed by atoms with Crippen molar-refractivity contribution in [3.63, 3.8) is 0 Å². The Morgan fingerprint density at radius 1 is 1.19 bits per heavy atom. The van der Waals surface area contributed by atoms with Crippen molar-refractivity contribution in [3.8, 4) is 0 Å². The highest BCUT2D eigenvalue weighted by Gasteiger charge is 2.30. The lowest BCUT2D eigenvalue weighted by Crippen LogP contribution is -2.46. The number of alkyl halides is 3. The molecule has 27 heavy (non-hydrogen) atoms. The lowest BCUT2D eigenvalue weighted by atomic mass is 9.98. The number of benzene rings is 1. The van der Waals surface area contributed by atoms with Crippen LogP contribution >= 0.6 is 0 Å². The molecule has 0 aliphatic carbocycles. The van der Waals surface area contributed by atoms with Crippen molar-refractivity contribution in [3.05, 3.63) is 29.8 Å². The van der Waals surface area contributed by atoms with Gasteiger partial charge in [0, 0.05) is 39.4 Å². The summed E-state index contributed by atoms with van der Waals surface area (Å²) in [5, 5.41) is 5.15. The van der Waals surface area contributed by atoms with Gasteiger partial charge in [0.05, 0.1) is 5.56 Å². The van der Waals surface area contributed by atoms with E-state index in [1.54, 1.807) is 0 Å². The zero-order chi connectivity index (χ0) is 20.2. The number of carbonyl (C=O) groups excluding carboxylic acids is 1. The Morgan fingerprint density at radius 2 is 1.74 bits per heavy atom. The normalized spacial score (nSPS) is 17.1. The fraction of sp³-hybridized carbons (Fsp3) is 0.562. The van der Waals surface area contributed by atoms with Gasteiger partial charge in [0.1, 0.15) is 0 Å². The third-order valence-electron chi connectivity index (χ3n) is 4.38. The molecule has 152 valence electrons. The van der Waals surface area contributed by atoms with E-state index in [9.17, 15) is 26.4 Å². The molecule has 1 fully saturated rings. The molecule has 11 heteroatoms. The highest BCUT2D eigenvalue weighted by molar-refractivity contribution is 7.86. The van der Waals surface area contributed by atoms with E-state index in [-0.39, 0.29) is 11.6 Å². The molecule has 0 bridgehead atoms. The highest BCUT2D eigenvalue weighted by atomic mass is 32.2. The summed E-state index contributed by atoms with van der Waals surface area (Å²) in [6.45, 7) is 1.13. The van der Waals surface area contributed by atoms with Crippen LogP contribution in [0.4, 0.5) is 23.7 Å². The Hall–Kier alpha value is -1.85. The molecule has 0 spiro atoms. The van der Waals surface area contributed by atoms with Gasteiger partial charge in [-0.25, -0.2) is 4.79 Å². The smallest absolute Gasteiger partial charge is 0.338 e. The summed E-state index contributed by atoms with van der Waals surface area (Å²) in [4.78, 5) is 11.9. The van der Waals surface area contributed by atoms with E-state index >= 15 is 0 Å². The summed E-state index contributed by atoms with van der Waals surface area (Å²) in [7, 11) is -0.461. The predicted molar refractivity (Wildman–Crippen MR) is 95.4 cm³/mol. The van der Waals surface area contributed by atoms with Gasteiger partial charge < -0.3 is 10.6 Å². The molecule has 0 saturated carbocycles. The monoisotopic (exact) mass is 408 g/mol. The largest absolute Gasteiger partial charge is 0.416 e. The third kappa shape index (κ3) is 5.81. The Kier molecular flexibility index (Phi) is 6.71. The standard InChI is InChI=1S/C16H23F3N4O3S/c1-22(2)27(25,26)23-9-7-12(8-10-23)11-20-15(24)21-14-5-3-13(4-6-14)16(17,18)19/h3-6,12H,7-11H2,1-2H3,(H2,20,21,24). The maximum absolute atomic E-state index is 12.5. The van der Waals surface area contributed by atoms with E-state index in [4.69, 9.17) is 0 Å². The van der Waals surface area contributed by atoms with Crippen LogP contribution in [0.5, 0.6) is 0 Å². The van der Waals surface area contributed by atoms with Crippen LogP contribution in [0, 0.1) is 5.92 Å². The van der Waals surface area contributed by atoms with Crippen molar-refractivity contribution >= 4 is 21.9 Å². The van der Waals surface area contributed by atoms with Crippen molar-refractivity contribution in [1.82, 2.24) is 13.9 Å². The first-order chi connectivity index (χ1) is 12.5. The topological polar surface area (TPSA) is 81.8 Å². The molecule has 2 rings (SSSR count). The molecule has 1 saturated heterocycles. The van der Waals surface area contributed by atoms with Gasteiger partial charge in [-0.3, -0.25) is 0 Å². The first kappa shape index (κ1) is 21.5. The van der Waals surface area contributed by atoms with Gasteiger partial charge in [0.25, 0.3) is 10.2 Å². The zero-order valence-electron chi connectivity index (χ0n) is 15.1. The number of piperidine rings is 1. The molecule has 1 heterocycles. The summed E-state index contributed by atoms with van der Waals surface area (Å²) in [5.74, 6) is 0.136. The van der Waals surface area contributed by atoms with Crippen LogP contribution in [0.1, 0.15) is 18.4 Å². The number of nitrogens with one attached hydrogen (secondary N) is 2. The molecule has 2 N–H and O–H groups in total. The number of rotatable bonds is 5. The van der Waals surface area contributed by atoms with E-state index in [1.807, 2.05) is 0 Å². The molecule has 1 aromatic carbocycles. The first-order valence-corrected chi connectivity index (χ1v) is 9.79. The van der Waals surface area contributed by atoms with Crippen molar-refractivity contribution in [2.24, 2.45) is 5.92 Å². The van der Waals surface area contributed by atoms with E-state index in [1.165, 1.54) is 34.8 Å². The second-order valence-corrected chi connectivity index (χ2v) is 8.69.